The van der Waals surface area contributed by atoms with Crippen LogP contribution in [0.1, 0.15) is 37.2 Å². The van der Waals surface area contributed by atoms with E-state index < -0.39 is 0 Å². The average Bonchev–Trinajstić information content (AvgIpc) is 3.15. The molecule has 0 bridgehead atoms. The van der Waals surface area contributed by atoms with Crippen molar-refractivity contribution >= 4 is 11.8 Å². The lowest BCUT2D eigenvalue weighted by Crippen LogP contribution is -2.02. The van der Waals surface area contributed by atoms with Crippen molar-refractivity contribution in [3.05, 3.63) is 54.3 Å². The van der Waals surface area contributed by atoms with E-state index in [9.17, 15) is 0 Å². The molecule has 114 valence electrons. The first-order valence-corrected chi connectivity index (χ1v) is 8.07. The lowest BCUT2D eigenvalue weighted by atomic mass is 10.2. The number of nitrogens with zero attached hydrogens (tertiary/aromatic N) is 5. The van der Waals surface area contributed by atoms with Crippen LogP contribution in [0.15, 0.2) is 46.4 Å². The van der Waals surface area contributed by atoms with Crippen molar-refractivity contribution in [2.45, 2.75) is 37.2 Å². The third kappa shape index (κ3) is 3.54. The van der Waals surface area contributed by atoms with Crippen molar-refractivity contribution in [2.24, 2.45) is 0 Å². The Morgan fingerprint density at radius 3 is 2.82 bits per heavy atom. The van der Waals surface area contributed by atoms with Gasteiger partial charge in [0.2, 0.25) is 11.8 Å². The monoisotopic (exact) mass is 315 g/mol. The SMILES string of the molecule is CC(C)c1nnc(CSc2nccn2Cc2ccccn2)o1. The van der Waals surface area contributed by atoms with Crippen LogP contribution in [-0.2, 0) is 12.3 Å². The molecule has 6 nitrogen and oxygen atoms in total. The molecule has 0 fully saturated rings. The first-order valence-electron chi connectivity index (χ1n) is 7.08. The fourth-order valence-electron chi connectivity index (χ4n) is 1.91. The van der Waals surface area contributed by atoms with Crippen molar-refractivity contribution in [3.8, 4) is 0 Å². The number of aromatic nitrogens is 5. The summed E-state index contributed by atoms with van der Waals surface area (Å²) in [5.74, 6) is 2.16. The maximum atomic E-state index is 5.61. The molecule has 0 radical (unpaired) electrons. The minimum Gasteiger partial charge on any atom is -0.424 e. The van der Waals surface area contributed by atoms with Gasteiger partial charge in [-0.15, -0.1) is 10.2 Å². The van der Waals surface area contributed by atoms with Gasteiger partial charge in [-0.05, 0) is 12.1 Å². The number of imidazole rings is 1. The molecule has 0 atom stereocenters. The molecule has 0 spiro atoms. The van der Waals surface area contributed by atoms with Crippen LogP contribution in [0.5, 0.6) is 0 Å². The van der Waals surface area contributed by atoms with Crippen molar-refractivity contribution in [3.63, 3.8) is 0 Å². The Kier molecular flexibility index (Phi) is 4.53. The van der Waals surface area contributed by atoms with Crippen LogP contribution in [0, 0.1) is 0 Å². The molecular formula is C15H17N5OS. The van der Waals surface area contributed by atoms with Crippen LogP contribution in [-0.4, -0.2) is 24.7 Å². The van der Waals surface area contributed by atoms with Gasteiger partial charge in [-0.2, -0.15) is 0 Å². The van der Waals surface area contributed by atoms with Crippen molar-refractivity contribution in [1.82, 2.24) is 24.7 Å². The minimum atomic E-state index is 0.248. The maximum absolute atomic E-state index is 5.61. The Balaban J connectivity index is 1.64. The zero-order valence-electron chi connectivity index (χ0n) is 12.5. The largest absolute Gasteiger partial charge is 0.424 e. The zero-order valence-corrected chi connectivity index (χ0v) is 13.3. The Morgan fingerprint density at radius 1 is 1.18 bits per heavy atom. The van der Waals surface area contributed by atoms with Gasteiger partial charge in [0, 0.05) is 24.5 Å². The summed E-state index contributed by atoms with van der Waals surface area (Å²) in [5, 5.41) is 9.01. The van der Waals surface area contributed by atoms with Crippen LogP contribution in [0.2, 0.25) is 0 Å². The summed E-state index contributed by atoms with van der Waals surface area (Å²) < 4.78 is 7.67. The molecule has 0 saturated carbocycles. The molecule has 0 N–H and O–H groups in total. The molecule has 0 unspecified atom stereocenters. The first kappa shape index (κ1) is 14.8. The second-order valence-corrected chi connectivity index (χ2v) is 6.08. The molecule has 0 aliphatic heterocycles. The summed E-state index contributed by atoms with van der Waals surface area (Å²) in [7, 11) is 0. The summed E-state index contributed by atoms with van der Waals surface area (Å²) in [4.78, 5) is 8.71. The summed E-state index contributed by atoms with van der Waals surface area (Å²) in [6.45, 7) is 4.76. The average molecular weight is 315 g/mol. The summed E-state index contributed by atoms with van der Waals surface area (Å²) in [6, 6.07) is 5.90. The third-order valence-corrected chi connectivity index (χ3v) is 4.03. The Labute approximate surface area is 133 Å². The van der Waals surface area contributed by atoms with Gasteiger partial charge in [-0.25, -0.2) is 4.98 Å². The van der Waals surface area contributed by atoms with Crippen LogP contribution >= 0.6 is 11.8 Å². The molecule has 0 amide bonds. The minimum absolute atomic E-state index is 0.248. The molecule has 0 saturated heterocycles. The van der Waals surface area contributed by atoms with E-state index >= 15 is 0 Å². The highest BCUT2D eigenvalue weighted by atomic mass is 32.2. The van der Waals surface area contributed by atoms with E-state index in [1.54, 1.807) is 24.2 Å². The molecule has 3 aromatic rings. The highest BCUT2D eigenvalue weighted by molar-refractivity contribution is 7.98. The van der Waals surface area contributed by atoms with Gasteiger partial charge in [0.1, 0.15) is 0 Å². The fraction of sp³-hybridized carbons (Fsp3) is 0.333. The molecule has 3 heterocycles. The fourth-order valence-corrected chi connectivity index (χ4v) is 2.70. The van der Waals surface area contributed by atoms with Gasteiger partial charge in [-0.1, -0.05) is 31.7 Å². The highest BCUT2D eigenvalue weighted by Crippen LogP contribution is 2.22. The molecule has 0 aliphatic rings. The van der Waals surface area contributed by atoms with Gasteiger partial charge in [0.05, 0.1) is 18.0 Å². The summed E-state index contributed by atoms with van der Waals surface area (Å²) >= 11 is 1.58. The lowest BCUT2D eigenvalue weighted by Gasteiger charge is -2.05. The molecular weight excluding hydrogens is 298 g/mol. The molecule has 3 rings (SSSR count). The molecule has 0 aromatic carbocycles. The maximum Gasteiger partial charge on any atom is 0.226 e. The van der Waals surface area contributed by atoms with Crippen LogP contribution in [0.4, 0.5) is 0 Å². The summed E-state index contributed by atoms with van der Waals surface area (Å²) in [6.07, 6.45) is 5.54. The quantitative estimate of drug-likeness (QED) is 0.651. The Bertz CT molecular complexity index is 722. The second-order valence-electron chi connectivity index (χ2n) is 5.14. The van der Waals surface area contributed by atoms with Gasteiger partial charge >= 0.3 is 0 Å². The predicted molar refractivity (Wildman–Crippen MR) is 83.5 cm³/mol. The number of thioether (sulfide) groups is 1. The number of rotatable bonds is 6. The highest BCUT2D eigenvalue weighted by Gasteiger charge is 2.11. The van der Waals surface area contributed by atoms with Crippen molar-refractivity contribution in [2.75, 3.05) is 0 Å². The predicted octanol–water partition coefficient (Wildman–Crippen LogP) is 3.13. The second kappa shape index (κ2) is 6.74. The first-order chi connectivity index (χ1) is 10.7. The number of hydrogen-bond acceptors (Lipinski definition) is 6. The van der Waals surface area contributed by atoms with Crippen molar-refractivity contribution < 1.29 is 4.42 Å². The number of pyridine rings is 1. The van der Waals surface area contributed by atoms with E-state index in [1.807, 2.05) is 38.2 Å². The summed E-state index contributed by atoms with van der Waals surface area (Å²) in [5.41, 5.74) is 1.00. The van der Waals surface area contributed by atoms with E-state index in [0.717, 1.165) is 10.9 Å². The number of hydrogen-bond donors (Lipinski definition) is 0. The molecule has 22 heavy (non-hydrogen) atoms. The lowest BCUT2D eigenvalue weighted by molar-refractivity contribution is 0.445. The Morgan fingerprint density at radius 2 is 2.09 bits per heavy atom. The molecule has 7 heteroatoms. The normalized spacial score (nSPS) is 11.2. The molecule has 0 aliphatic carbocycles. The smallest absolute Gasteiger partial charge is 0.226 e. The van der Waals surface area contributed by atoms with E-state index in [-0.39, 0.29) is 5.92 Å². The van der Waals surface area contributed by atoms with E-state index in [1.165, 1.54) is 0 Å². The third-order valence-electron chi connectivity index (χ3n) is 3.04. The van der Waals surface area contributed by atoms with Crippen LogP contribution in [0.25, 0.3) is 0 Å². The van der Waals surface area contributed by atoms with Gasteiger partial charge in [-0.3, -0.25) is 4.98 Å². The van der Waals surface area contributed by atoms with E-state index in [0.29, 0.717) is 24.1 Å². The van der Waals surface area contributed by atoms with E-state index in [4.69, 9.17) is 4.42 Å². The Hall–Kier alpha value is -2.15. The van der Waals surface area contributed by atoms with Gasteiger partial charge in [0.15, 0.2) is 5.16 Å². The van der Waals surface area contributed by atoms with Gasteiger partial charge < -0.3 is 8.98 Å². The topological polar surface area (TPSA) is 69.6 Å². The zero-order chi connectivity index (χ0) is 15.4. The van der Waals surface area contributed by atoms with Crippen molar-refractivity contribution in [1.29, 1.82) is 0 Å². The van der Waals surface area contributed by atoms with Gasteiger partial charge in [0.25, 0.3) is 0 Å². The van der Waals surface area contributed by atoms with Crippen LogP contribution < -0.4 is 0 Å². The van der Waals surface area contributed by atoms with Crippen LogP contribution in [0.3, 0.4) is 0 Å². The molecule has 3 aromatic heterocycles. The van der Waals surface area contributed by atoms with E-state index in [2.05, 4.69) is 24.7 Å². The standard InChI is InChI=1S/C15H17N5OS/c1-11(2)14-19-18-13(21-14)10-22-15-17-7-8-20(15)9-12-5-3-4-6-16-12/h3-8,11H,9-10H2,1-2H3.